The molecule has 6 heteroatoms. The van der Waals surface area contributed by atoms with E-state index in [-0.39, 0.29) is 18.3 Å². The first-order valence-electron chi connectivity index (χ1n) is 5.80. The van der Waals surface area contributed by atoms with Gasteiger partial charge in [-0.05, 0) is 19.1 Å². The van der Waals surface area contributed by atoms with Crippen LogP contribution in [0.5, 0.6) is 0 Å². The average Bonchev–Trinajstić information content (AvgIpc) is 2.38. The normalized spacial score (nSPS) is 19.9. The van der Waals surface area contributed by atoms with Gasteiger partial charge in [0, 0.05) is 13.1 Å². The van der Waals surface area contributed by atoms with Gasteiger partial charge in [0.1, 0.15) is 5.82 Å². The Balaban J connectivity index is 2.18. The molecule has 2 rings (SSSR count). The van der Waals surface area contributed by atoms with Crippen molar-refractivity contribution in [3.8, 4) is 0 Å². The Morgan fingerprint density at radius 2 is 2.39 bits per heavy atom. The lowest BCUT2D eigenvalue weighted by molar-refractivity contribution is 0.00335. The van der Waals surface area contributed by atoms with Crippen LogP contribution in [0.3, 0.4) is 0 Å². The van der Waals surface area contributed by atoms with Crippen LogP contribution >= 0.6 is 0 Å². The maximum atomic E-state index is 10.9. The van der Waals surface area contributed by atoms with E-state index in [0.29, 0.717) is 25.4 Å². The van der Waals surface area contributed by atoms with Gasteiger partial charge in [0.05, 0.1) is 30.6 Å². The van der Waals surface area contributed by atoms with E-state index in [1.165, 1.54) is 0 Å². The predicted molar refractivity (Wildman–Crippen MR) is 65.0 cm³/mol. The van der Waals surface area contributed by atoms with E-state index in [9.17, 15) is 4.79 Å². The third-order valence-corrected chi connectivity index (χ3v) is 2.97. The SMILES string of the molecule is Cc1nc(N2CCOC(CO)C2)ccc1C(=O)O. The van der Waals surface area contributed by atoms with Gasteiger partial charge in [0.15, 0.2) is 0 Å². The summed E-state index contributed by atoms with van der Waals surface area (Å²) in [6, 6.07) is 3.25. The number of pyridine rings is 1. The minimum absolute atomic E-state index is 0.0251. The van der Waals surface area contributed by atoms with E-state index in [1.54, 1.807) is 19.1 Å². The van der Waals surface area contributed by atoms with Crippen LogP contribution in [0.1, 0.15) is 16.1 Å². The molecule has 0 aliphatic carbocycles. The number of aliphatic hydroxyl groups is 1. The van der Waals surface area contributed by atoms with E-state index < -0.39 is 5.97 Å². The van der Waals surface area contributed by atoms with Gasteiger partial charge < -0.3 is 19.8 Å². The second-order valence-corrected chi connectivity index (χ2v) is 4.23. The molecule has 1 saturated heterocycles. The second kappa shape index (κ2) is 5.32. The molecule has 1 atom stereocenters. The molecule has 0 saturated carbocycles. The lowest BCUT2D eigenvalue weighted by Gasteiger charge is -2.33. The monoisotopic (exact) mass is 252 g/mol. The number of nitrogens with zero attached hydrogens (tertiary/aromatic N) is 2. The fourth-order valence-corrected chi connectivity index (χ4v) is 1.99. The number of aromatic carboxylic acids is 1. The van der Waals surface area contributed by atoms with E-state index in [0.717, 1.165) is 5.82 Å². The number of ether oxygens (including phenoxy) is 1. The van der Waals surface area contributed by atoms with Crippen molar-refractivity contribution >= 4 is 11.8 Å². The number of carboxylic acids is 1. The van der Waals surface area contributed by atoms with Crippen molar-refractivity contribution in [1.82, 2.24) is 4.98 Å². The minimum Gasteiger partial charge on any atom is -0.478 e. The first kappa shape index (κ1) is 12.8. The quantitative estimate of drug-likeness (QED) is 0.804. The second-order valence-electron chi connectivity index (χ2n) is 4.23. The molecule has 0 radical (unpaired) electrons. The highest BCUT2D eigenvalue weighted by Crippen LogP contribution is 2.17. The molecule has 0 aromatic carbocycles. The summed E-state index contributed by atoms with van der Waals surface area (Å²) < 4.78 is 5.36. The van der Waals surface area contributed by atoms with Crippen molar-refractivity contribution in [2.45, 2.75) is 13.0 Å². The average molecular weight is 252 g/mol. The Kier molecular flexibility index (Phi) is 3.78. The van der Waals surface area contributed by atoms with Crippen molar-refractivity contribution in [3.63, 3.8) is 0 Å². The smallest absolute Gasteiger partial charge is 0.337 e. The lowest BCUT2D eigenvalue weighted by atomic mass is 10.2. The molecule has 1 aliphatic rings. The number of rotatable bonds is 3. The third-order valence-electron chi connectivity index (χ3n) is 2.97. The van der Waals surface area contributed by atoms with Gasteiger partial charge in [0.25, 0.3) is 0 Å². The standard InChI is InChI=1S/C12H16N2O4/c1-8-10(12(16)17)2-3-11(13-8)14-4-5-18-9(6-14)7-15/h2-3,9,15H,4-7H2,1H3,(H,16,17). The van der Waals surface area contributed by atoms with Crippen LogP contribution in [-0.4, -0.2) is 53.6 Å². The maximum absolute atomic E-state index is 10.9. The predicted octanol–water partition coefficient (Wildman–Crippen LogP) is 0.286. The molecule has 6 nitrogen and oxygen atoms in total. The highest BCUT2D eigenvalue weighted by Gasteiger charge is 2.21. The van der Waals surface area contributed by atoms with Crippen molar-refractivity contribution in [2.24, 2.45) is 0 Å². The number of carbonyl (C=O) groups is 1. The number of morpholine rings is 1. The zero-order chi connectivity index (χ0) is 13.1. The Hall–Kier alpha value is -1.66. The fraction of sp³-hybridized carbons (Fsp3) is 0.500. The number of hydrogen-bond acceptors (Lipinski definition) is 5. The zero-order valence-corrected chi connectivity index (χ0v) is 10.2. The van der Waals surface area contributed by atoms with E-state index in [1.807, 2.05) is 4.90 Å². The number of hydrogen-bond donors (Lipinski definition) is 2. The van der Waals surface area contributed by atoms with Crippen LogP contribution in [-0.2, 0) is 4.74 Å². The molecule has 18 heavy (non-hydrogen) atoms. The Morgan fingerprint density at radius 3 is 3.00 bits per heavy atom. The summed E-state index contributed by atoms with van der Waals surface area (Å²) in [6.45, 7) is 3.44. The zero-order valence-electron chi connectivity index (χ0n) is 10.2. The van der Waals surface area contributed by atoms with Gasteiger partial charge in [-0.25, -0.2) is 9.78 Å². The number of aromatic nitrogens is 1. The summed E-state index contributed by atoms with van der Waals surface area (Å²) in [5.41, 5.74) is 0.706. The summed E-state index contributed by atoms with van der Waals surface area (Å²) in [6.07, 6.45) is -0.208. The van der Waals surface area contributed by atoms with Gasteiger partial charge >= 0.3 is 5.97 Å². The molecular weight excluding hydrogens is 236 g/mol. The molecule has 1 fully saturated rings. The van der Waals surface area contributed by atoms with Crippen molar-refractivity contribution in [2.75, 3.05) is 31.2 Å². The Morgan fingerprint density at radius 1 is 1.61 bits per heavy atom. The summed E-state index contributed by atoms with van der Waals surface area (Å²) in [5.74, 6) is -0.249. The topological polar surface area (TPSA) is 82.9 Å². The van der Waals surface area contributed by atoms with Gasteiger partial charge in [-0.15, -0.1) is 0 Å². The van der Waals surface area contributed by atoms with Crippen molar-refractivity contribution < 1.29 is 19.7 Å². The molecule has 0 bridgehead atoms. The number of aryl methyl sites for hydroxylation is 1. The van der Waals surface area contributed by atoms with Crippen LogP contribution in [0.25, 0.3) is 0 Å². The molecule has 2 N–H and O–H groups in total. The molecule has 0 spiro atoms. The van der Waals surface area contributed by atoms with E-state index in [2.05, 4.69) is 4.98 Å². The van der Waals surface area contributed by atoms with Crippen LogP contribution in [0.15, 0.2) is 12.1 Å². The number of aliphatic hydroxyl groups excluding tert-OH is 1. The van der Waals surface area contributed by atoms with Gasteiger partial charge in [-0.3, -0.25) is 0 Å². The van der Waals surface area contributed by atoms with Crippen molar-refractivity contribution in [3.05, 3.63) is 23.4 Å². The molecule has 98 valence electrons. The van der Waals surface area contributed by atoms with Gasteiger partial charge in [-0.2, -0.15) is 0 Å². The lowest BCUT2D eigenvalue weighted by Crippen LogP contribution is -2.44. The largest absolute Gasteiger partial charge is 0.478 e. The first-order chi connectivity index (χ1) is 8.61. The molecule has 1 aromatic heterocycles. The minimum atomic E-state index is -0.971. The molecular formula is C12H16N2O4. The molecule has 2 heterocycles. The first-order valence-corrected chi connectivity index (χ1v) is 5.80. The Bertz CT molecular complexity index is 450. The third kappa shape index (κ3) is 2.60. The molecule has 0 amide bonds. The maximum Gasteiger partial charge on any atom is 0.337 e. The highest BCUT2D eigenvalue weighted by atomic mass is 16.5. The van der Waals surface area contributed by atoms with Crippen LogP contribution < -0.4 is 4.90 Å². The van der Waals surface area contributed by atoms with Crippen LogP contribution in [0.2, 0.25) is 0 Å². The molecule has 1 unspecified atom stereocenters. The highest BCUT2D eigenvalue weighted by molar-refractivity contribution is 5.89. The number of anilines is 1. The molecule has 1 aliphatic heterocycles. The Labute approximate surface area is 105 Å². The van der Waals surface area contributed by atoms with Crippen LogP contribution in [0.4, 0.5) is 5.82 Å². The van der Waals surface area contributed by atoms with Crippen LogP contribution in [0, 0.1) is 6.92 Å². The van der Waals surface area contributed by atoms with Crippen molar-refractivity contribution in [1.29, 1.82) is 0 Å². The summed E-state index contributed by atoms with van der Waals surface area (Å²) in [5, 5.41) is 18.0. The fourth-order valence-electron chi connectivity index (χ4n) is 1.99. The van der Waals surface area contributed by atoms with Gasteiger partial charge in [0.2, 0.25) is 0 Å². The summed E-state index contributed by atoms with van der Waals surface area (Å²) in [4.78, 5) is 17.2. The van der Waals surface area contributed by atoms with Gasteiger partial charge in [-0.1, -0.05) is 0 Å². The number of carboxylic acid groups (broad SMARTS) is 1. The van der Waals surface area contributed by atoms with E-state index in [4.69, 9.17) is 14.9 Å². The summed E-state index contributed by atoms with van der Waals surface area (Å²) >= 11 is 0. The molecule has 1 aromatic rings. The summed E-state index contributed by atoms with van der Waals surface area (Å²) in [7, 11) is 0. The van der Waals surface area contributed by atoms with E-state index >= 15 is 0 Å².